The van der Waals surface area contributed by atoms with Crippen LogP contribution in [0.4, 0.5) is 17.1 Å². The molecule has 52 heavy (non-hydrogen) atoms. The predicted molar refractivity (Wildman–Crippen MR) is 205 cm³/mol. The molecular formula is C45H27N5O2. The van der Waals surface area contributed by atoms with Gasteiger partial charge in [-0.2, -0.15) is 9.97 Å². The van der Waals surface area contributed by atoms with Gasteiger partial charge >= 0.3 is 0 Å². The Labute approximate surface area is 298 Å². The molecule has 0 atom stereocenters. The number of benzene rings is 7. The molecule has 244 valence electrons. The van der Waals surface area contributed by atoms with Gasteiger partial charge in [0.15, 0.2) is 34.6 Å². The lowest BCUT2D eigenvalue weighted by atomic mass is 9.97. The summed E-state index contributed by atoms with van der Waals surface area (Å²) in [6.45, 7) is 0. The molecule has 0 unspecified atom stereocenters. The van der Waals surface area contributed by atoms with Crippen molar-refractivity contribution in [3.8, 4) is 62.8 Å². The highest BCUT2D eigenvalue weighted by atomic mass is 16.5. The minimum absolute atomic E-state index is 0.548. The number of hydrogen-bond donors (Lipinski definition) is 0. The average molecular weight is 670 g/mol. The average Bonchev–Trinajstić information content (AvgIpc) is 3.56. The van der Waals surface area contributed by atoms with Crippen molar-refractivity contribution in [2.45, 2.75) is 0 Å². The van der Waals surface area contributed by atoms with Crippen LogP contribution < -0.4 is 14.4 Å². The topological polar surface area (TPSA) is 65.3 Å². The van der Waals surface area contributed by atoms with E-state index in [1.165, 1.54) is 0 Å². The van der Waals surface area contributed by atoms with Crippen LogP contribution in [0.1, 0.15) is 0 Å². The van der Waals surface area contributed by atoms with Gasteiger partial charge in [-0.1, -0.05) is 115 Å². The van der Waals surface area contributed by atoms with E-state index in [9.17, 15) is 0 Å². The fraction of sp³-hybridized carbons (Fsp3) is 0. The highest BCUT2D eigenvalue weighted by Crippen LogP contribution is 2.60. The zero-order valence-corrected chi connectivity index (χ0v) is 27.6. The van der Waals surface area contributed by atoms with Gasteiger partial charge in [-0.05, 0) is 59.7 Å². The predicted octanol–water partition coefficient (Wildman–Crippen LogP) is 11.7. The van der Waals surface area contributed by atoms with E-state index in [1.54, 1.807) is 0 Å². The molecule has 11 rings (SSSR count). The Morgan fingerprint density at radius 3 is 1.60 bits per heavy atom. The Bertz CT molecular complexity index is 2740. The maximum atomic E-state index is 6.63. The Balaban J connectivity index is 1.15. The van der Waals surface area contributed by atoms with Crippen LogP contribution in [0.15, 0.2) is 164 Å². The largest absolute Gasteiger partial charge is 0.453 e. The molecule has 0 radical (unpaired) electrons. The zero-order chi connectivity index (χ0) is 34.2. The Hall–Kier alpha value is -7.25. The van der Waals surface area contributed by atoms with Crippen molar-refractivity contribution in [2.75, 3.05) is 4.90 Å². The van der Waals surface area contributed by atoms with Crippen molar-refractivity contribution >= 4 is 38.9 Å². The fourth-order valence-electron chi connectivity index (χ4n) is 7.55. The first-order valence-electron chi connectivity index (χ1n) is 17.2. The molecule has 0 N–H and O–H groups in total. The van der Waals surface area contributed by atoms with E-state index in [4.69, 9.17) is 24.4 Å². The Kier molecular flexibility index (Phi) is 6.12. The van der Waals surface area contributed by atoms with E-state index in [0.29, 0.717) is 17.6 Å². The minimum atomic E-state index is 0.548. The number of fused-ring (bicyclic) bond motifs is 7. The highest BCUT2D eigenvalue weighted by Gasteiger charge is 2.35. The van der Waals surface area contributed by atoms with Crippen LogP contribution in [-0.2, 0) is 0 Å². The zero-order valence-electron chi connectivity index (χ0n) is 27.6. The molecule has 7 heteroatoms. The van der Waals surface area contributed by atoms with Crippen LogP contribution in [0.2, 0.25) is 0 Å². The maximum Gasteiger partial charge on any atom is 0.238 e. The second-order valence-electron chi connectivity index (χ2n) is 12.9. The number of ether oxygens (including phenoxy) is 2. The first-order chi connectivity index (χ1) is 25.8. The molecule has 0 bridgehead atoms. The summed E-state index contributed by atoms with van der Waals surface area (Å²) in [5.74, 6) is 4.83. The van der Waals surface area contributed by atoms with Gasteiger partial charge in [0.1, 0.15) is 5.69 Å². The molecule has 4 heterocycles. The van der Waals surface area contributed by atoms with E-state index >= 15 is 0 Å². The smallest absolute Gasteiger partial charge is 0.238 e. The molecule has 0 spiro atoms. The molecule has 7 aromatic carbocycles. The first kappa shape index (κ1) is 28.6. The number of para-hydroxylation sites is 5. The molecule has 0 amide bonds. The summed E-state index contributed by atoms with van der Waals surface area (Å²) in [6.07, 6.45) is 0. The number of aromatic nitrogens is 4. The highest BCUT2D eigenvalue weighted by molar-refractivity contribution is 6.16. The maximum absolute atomic E-state index is 6.63. The lowest BCUT2D eigenvalue weighted by molar-refractivity contribution is 0.446. The number of hydrogen-bond acceptors (Lipinski definition) is 6. The van der Waals surface area contributed by atoms with Crippen molar-refractivity contribution in [1.82, 2.24) is 19.5 Å². The van der Waals surface area contributed by atoms with Gasteiger partial charge in [-0.3, -0.25) is 9.47 Å². The Morgan fingerprint density at radius 2 is 0.962 bits per heavy atom. The SMILES string of the molecule is c1ccc(-c2nc(-c3ccccc3)nc(-n3c4ccccc4c4c(-c5cc6c7c(c5)Oc5ccccc5N7c5ccccc5O6)cccc43)n2)cc1. The molecule has 0 aliphatic carbocycles. The van der Waals surface area contributed by atoms with E-state index in [-0.39, 0.29) is 0 Å². The lowest BCUT2D eigenvalue weighted by Gasteiger charge is -2.38. The molecule has 2 aliphatic heterocycles. The van der Waals surface area contributed by atoms with Crippen molar-refractivity contribution in [2.24, 2.45) is 0 Å². The summed E-state index contributed by atoms with van der Waals surface area (Å²) < 4.78 is 15.4. The van der Waals surface area contributed by atoms with Gasteiger partial charge < -0.3 is 9.47 Å². The summed E-state index contributed by atoms with van der Waals surface area (Å²) in [6, 6.07) is 55.5. The molecule has 0 saturated heterocycles. The third-order valence-corrected chi connectivity index (χ3v) is 9.81. The first-order valence-corrected chi connectivity index (χ1v) is 17.2. The van der Waals surface area contributed by atoms with Crippen molar-refractivity contribution in [1.29, 1.82) is 0 Å². The number of anilines is 3. The van der Waals surface area contributed by atoms with Crippen LogP contribution in [0, 0.1) is 0 Å². The van der Waals surface area contributed by atoms with Gasteiger partial charge in [0, 0.05) is 21.9 Å². The third kappa shape index (κ3) is 4.29. The van der Waals surface area contributed by atoms with Crippen LogP contribution in [0.5, 0.6) is 23.0 Å². The van der Waals surface area contributed by atoms with Gasteiger partial charge in [-0.15, -0.1) is 0 Å². The van der Waals surface area contributed by atoms with E-state index < -0.39 is 0 Å². The lowest BCUT2D eigenvalue weighted by Crippen LogP contribution is -2.20. The molecular weight excluding hydrogens is 643 g/mol. The van der Waals surface area contributed by atoms with Gasteiger partial charge in [0.05, 0.1) is 22.4 Å². The standard InChI is InChI=1S/C45H27N5O2/c1-3-14-28(15-4-1)43-46-44(29-16-5-2-6-17-29)48-45(47-43)50-33-20-8-7-18-32(33)41-31(19-13-23-36(41)50)30-26-39-42-40(27-30)52-38-25-12-10-22-35(38)49(42)34-21-9-11-24-37(34)51-39/h1-27H. The van der Waals surface area contributed by atoms with Crippen molar-refractivity contribution in [3.63, 3.8) is 0 Å². The third-order valence-electron chi connectivity index (χ3n) is 9.81. The van der Waals surface area contributed by atoms with Gasteiger partial charge in [0.2, 0.25) is 5.95 Å². The van der Waals surface area contributed by atoms with E-state index in [2.05, 4.69) is 76.2 Å². The second-order valence-corrected chi connectivity index (χ2v) is 12.9. The van der Waals surface area contributed by atoms with Crippen molar-refractivity contribution in [3.05, 3.63) is 164 Å². The van der Waals surface area contributed by atoms with Crippen LogP contribution in [0.25, 0.3) is 61.7 Å². The van der Waals surface area contributed by atoms with Gasteiger partial charge in [-0.25, -0.2) is 4.98 Å². The monoisotopic (exact) mass is 669 g/mol. The molecule has 2 aromatic heterocycles. The van der Waals surface area contributed by atoms with E-state index in [1.807, 2.05) is 97.1 Å². The minimum Gasteiger partial charge on any atom is -0.453 e. The quantitative estimate of drug-likeness (QED) is 0.186. The Morgan fingerprint density at radius 1 is 0.423 bits per heavy atom. The second kappa shape index (κ2) is 11.1. The van der Waals surface area contributed by atoms with E-state index in [0.717, 1.165) is 84.1 Å². The molecule has 9 aromatic rings. The fourth-order valence-corrected chi connectivity index (χ4v) is 7.55. The van der Waals surface area contributed by atoms with Crippen molar-refractivity contribution < 1.29 is 9.47 Å². The van der Waals surface area contributed by atoms with Crippen LogP contribution in [0.3, 0.4) is 0 Å². The summed E-state index contributed by atoms with van der Waals surface area (Å²) >= 11 is 0. The normalized spacial score (nSPS) is 12.5. The van der Waals surface area contributed by atoms with Crippen LogP contribution in [-0.4, -0.2) is 19.5 Å². The summed E-state index contributed by atoms with van der Waals surface area (Å²) in [7, 11) is 0. The molecule has 2 aliphatic rings. The van der Waals surface area contributed by atoms with Gasteiger partial charge in [0.25, 0.3) is 0 Å². The molecule has 0 fully saturated rings. The summed E-state index contributed by atoms with van der Waals surface area (Å²) in [5.41, 5.74) is 8.69. The molecule has 7 nitrogen and oxygen atoms in total. The number of nitrogens with zero attached hydrogens (tertiary/aromatic N) is 5. The molecule has 0 saturated carbocycles. The van der Waals surface area contributed by atoms with Crippen LogP contribution >= 0.6 is 0 Å². The summed E-state index contributed by atoms with van der Waals surface area (Å²) in [5, 5.41) is 2.17. The number of rotatable bonds is 4. The summed E-state index contributed by atoms with van der Waals surface area (Å²) in [4.78, 5) is 17.4.